The summed E-state index contributed by atoms with van der Waals surface area (Å²) in [6.07, 6.45) is 5.03. The predicted octanol–water partition coefficient (Wildman–Crippen LogP) is 3.44. The number of fused-ring (bicyclic) bond motifs is 1. The molecule has 2 nitrogen and oxygen atoms in total. The van der Waals surface area contributed by atoms with Crippen LogP contribution in [0.4, 0.5) is 10.1 Å². The van der Waals surface area contributed by atoms with Gasteiger partial charge in [0.05, 0.1) is 6.61 Å². The van der Waals surface area contributed by atoms with Gasteiger partial charge in [0.15, 0.2) is 0 Å². The lowest BCUT2D eigenvalue weighted by atomic mass is 9.73. The molecule has 2 fully saturated rings. The fourth-order valence-corrected chi connectivity index (χ4v) is 3.36. The van der Waals surface area contributed by atoms with Crippen LogP contribution < -0.4 is 5.32 Å². The number of ether oxygens (including phenoxy) is 1. The quantitative estimate of drug-likeness (QED) is 0.867. The van der Waals surface area contributed by atoms with E-state index in [0.717, 1.165) is 24.8 Å². The molecule has 1 saturated carbocycles. The van der Waals surface area contributed by atoms with Gasteiger partial charge in [-0.1, -0.05) is 6.42 Å². The molecule has 98 valence electrons. The van der Waals surface area contributed by atoms with Gasteiger partial charge in [-0.25, -0.2) is 4.39 Å². The van der Waals surface area contributed by atoms with Crippen LogP contribution in [0.2, 0.25) is 0 Å². The van der Waals surface area contributed by atoms with Gasteiger partial charge >= 0.3 is 0 Å². The van der Waals surface area contributed by atoms with Crippen LogP contribution in [0.1, 0.15) is 25.7 Å². The predicted molar refractivity (Wildman–Crippen MR) is 70.1 cm³/mol. The van der Waals surface area contributed by atoms with E-state index in [2.05, 4.69) is 5.32 Å². The van der Waals surface area contributed by atoms with E-state index in [-0.39, 0.29) is 5.82 Å². The lowest BCUT2D eigenvalue weighted by Crippen LogP contribution is -2.43. The topological polar surface area (TPSA) is 21.3 Å². The molecule has 3 rings (SSSR count). The fourth-order valence-electron chi connectivity index (χ4n) is 3.36. The van der Waals surface area contributed by atoms with Crippen LogP contribution in [0.25, 0.3) is 0 Å². The summed E-state index contributed by atoms with van der Waals surface area (Å²) in [7, 11) is 0. The van der Waals surface area contributed by atoms with Crippen LogP contribution in [-0.4, -0.2) is 19.3 Å². The maximum absolute atomic E-state index is 12.9. The Hall–Kier alpha value is -1.09. The van der Waals surface area contributed by atoms with E-state index in [1.54, 1.807) is 0 Å². The summed E-state index contributed by atoms with van der Waals surface area (Å²) in [5.74, 6) is 1.26. The summed E-state index contributed by atoms with van der Waals surface area (Å²) in [5, 5.41) is 3.56. The number of halogens is 1. The van der Waals surface area contributed by atoms with E-state index in [4.69, 9.17) is 4.74 Å². The minimum Gasteiger partial charge on any atom is -0.382 e. The molecule has 1 N–H and O–H groups in total. The number of rotatable bonds is 2. The molecular formula is C15H20FNO. The first-order chi connectivity index (χ1) is 8.83. The monoisotopic (exact) mass is 249 g/mol. The van der Waals surface area contributed by atoms with Crippen LogP contribution in [0, 0.1) is 17.7 Å². The molecular weight excluding hydrogens is 229 g/mol. The Kier molecular flexibility index (Phi) is 3.50. The van der Waals surface area contributed by atoms with Gasteiger partial charge < -0.3 is 10.1 Å². The van der Waals surface area contributed by atoms with E-state index >= 15 is 0 Å². The van der Waals surface area contributed by atoms with Gasteiger partial charge in [-0.05, 0) is 49.4 Å². The summed E-state index contributed by atoms with van der Waals surface area (Å²) in [6.45, 7) is 1.80. The van der Waals surface area contributed by atoms with Crippen molar-refractivity contribution < 1.29 is 9.13 Å². The van der Waals surface area contributed by atoms with Crippen molar-refractivity contribution in [1.82, 2.24) is 0 Å². The molecule has 18 heavy (non-hydrogen) atoms. The Bertz CT molecular complexity index is 390. The maximum Gasteiger partial charge on any atom is 0.123 e. The molecule has 2 aliphatic rings. The number of nitrogens with one attached hydrogen (secondary N) is 1. The smallest absolute Gasteiger partial charge is 0.123 e. The molecule has 0 radical (unpaired) electrons. The van der Waals surface area contributed by atoms with E-state index in [1.165, 1.54) is 37.8 Å². The zero-order chi connectivity index (χ0) is 12.4. The van der Waals surface area contributed by atoms with Crippen LogP contribution in [0.15, 0.2) is 24.3 Å². The Morgan fingerprint density at radius 3 is 2.78 bits per heavy atom. The molecule has 1 aromatic carbocycles. The molecule has 1 aromatic rings. The van der Waals surface area contributed by atoms with Crippen molar-refractivity contribution in [3.63, 3.8) is 0 Å². The van der Waals surface area contributed by atoms with Gasteiger partial charge in [0.2, 0.25) is 0 Å². The van der Waals surface area contributed by atoms with E-state index in [1.807, 2.05) is 12.1 Å². The summed E-state index contributed by atoms with van der Waals surface area (Å²) in [5.41, 5.74) is 1.02. The minimum atomic E-state index is -0.178. The van der Waals surface area contributed by atoms with Gasteiger partial charge in [-0.15, -0.1) is 0 Å². The zero-order valence-electron chi connectivity index (χ0n) is 10.6. The van der Waals surface area contributed by atoms with Gasteiger partial charge in [-0.2, -0.15) is 0 Å². The Labute approximate surface area is 108 Å². The second-order valence-electron chi connectivity index (χ2n) is 5.48. The second-order valence-corrected chi connectivity index (χ2v) is 5.48. The third-order valence-electron chi connectivity index (χ3n) is 4.35. The number of hydrogen-bond donors (Lipinski definition) is 1. The first-order valence-corrected chi connectivity index (χ1v) is 6.93. The summed E-state index contributed by atoms with van der Waals surface area (Å²) in [6, 6.07) is 7.15. The molecule has 1 aliphatic carbocycles. The molecule has 0 bridgehead atoms. The normalized spacial score (nSPS) is 31.7. The fraction of sp³-hybridized carbons (Fsp3) is 0.600. The number of anilines is 1. The van der Waals surface area contributed by atoms with Gasteiger partial charge in [-0.3, -0.25) is 0 Å². The third kappa shape index (κ3) is 2.51. The van der Waals surface area contributed by atoms with Crippen molar-refractivity contribution >= 4 is 5.69 Å². The third-order valence-corrected chi connectivity index (χ3v) is 4.35. The van der Waals surface area contributed by atoms with E-state index < -0.39 is 0 Å². The van der Waals surface area contributed by atoms with Crippen molar-refractivity contribution in [2.24, 2.45) is 11.8 Å². The maximum atomic E-state index is 12.9. The van der Waals surface area contributed by atoms with Crippen molar-refractivity contribution in [3.8, 4) is 0 Å². The first-order valence-electron chi connectivity index (χ1n) is 6.93. The summed E-state index contributed by atoms with van der Waals surface area (Å²) < 4.78 is 18.5. The van der Waals surface area contributed by atoms with Crippen LogP contribution in [0.3, 0.4) is 0 Å². The van der Waals surface area contributed by atoms with Crippen LogP contribution >= 0.6 is 0 Å². The highest BCUT2D eigenvalue weighted by Gasteiger charge is 2.35. The highest BCUT2D eigenvalue weighted by atomic mass is 19.1. The lowest BCUT2D eigenvalue weighted by molar-refractivity contribution is -0.00693. The minimum absolute atomic E-state index is 0.178. The second kappa shape index (κ2) is 5.27. The van der Waals surface area contributed by atoms with Gasteiger partial charge in [0, 0.05) is 24.3 Å². The van der Waals surface area contributed by atoms with Crippen molar-refractivity contribution in [1.29, 1.82) is 0 Å². The average molecular weight is 249 g/mol. The molecule has 0 spiro atoms. The Balaban J connectivity index is 1.69. The van der Waals surface area contributed by atoms with Gasteiger partial charge in [0.1, 0.15) is 5.82 Å². The molecule has 1 saturated heterocycles. The van der Waals surface area contributed by atoms with Crippen molar-refractivity contribution in [2.45, 2.75) is 31.7 Å². The molecule has 2 unspecified atom stereocenters. The highest BCUT2D eigenvalue weighted by molar-refractivity contribution is 5.44. The Morgan fingerprint density at radius 2 is 1.94 bits per heavy atom. The van der Waals surface area contributed by atoms with Gasteiger partial charge in [0.25, 0.3) is 0 Å². The van der Waals surface area contributed by atoms with Crippen molar-refractivity contribution in [2.75, 3.05) is 18.5 Å². The molecule has 0 aromatic heterocycles. The average Bonchev–Trinajstić information content (AvgIpc) is 2.42. The van der Waals surface area contributed by atoms with Crippen LogP contribution in [0.5, 0.6) is 0 Å². The van der Waals surface area contributed by atoms with E-state index in [9.17, 15) is 4.39 Å². The standard InChI is InChI=1S/C15H20FNO/c16-12-4-6-13(7-5-12)17-15-3-1-2-11-8-9-18-10-14(11)15/h4-7,11,14-15,17H,1-3,8-10H2/t11?,14?,15-/m0/s1. The molecule has 1 aliphatic heterocycles. The summed E-state index contributed by atoms with van der Waals surface area (Å²) >= 11 is 0. The highest BCUT2D eigenvalue weighted by Crippen LogP contribution is 2.36. The van der Waals surface area contributed by atoms with Crippen molar-refractivity contribution in [3.05, 3.63) is 30.1 Å². The Morgan fingerprint density at radius 1 is 1.11 bits per heavy atom. The molecule has 3 heteroatoms. The molecule has 1 heterocycles. The van der Waals surface area contributed by atoms with E-state index in [0.29, 0.717) is 12.0 Å². The lowest BCUT2D eigenvalue weighted by Gasteiger charge is -2.41. The molecule has 3 atom stereocenters. The molecule has 0 amide bonds. The first kappa shape index (κ1) is 12.0. The largest absolute Gasteiger partial charge is 0.382 e. The summed E-state index contributed by atoms with van der Waals surface area (Å²) in [4.78, 5) is 0. The zero-order valence-corrected chi connectivity index (χ0v) is 10.6. The number of benzene rings is 1. The number of hydrogen-bond acceptors (Lipinski definition) is 2. The SMILES string of the molecule is Fc1ccc(N[C@H]2CCCC3CCOCC32)cc1. The van der Waals surface area contributed by atoms with Crippen LogP contribution in [-0.2, 0) is 4.74 Å².